The maximum absolute atomic E-state index is 4.86. The summed E-state index contributed by atoms with van der Waals surface area (Å²) >= 11 is 0. The fourth-order valence-electron chi connectivity index (χ4n) is 3.13. The van der Waals surface area contributed by atoms with Crippen LogP contribution in [0.3, 0.4) is 0 Å². The Labute approximate surface area is 155 Å². The minimum absolute atomic E-state index is 0.774. The lowest BCUT2D eigenvalue weighted by molar-refractivity contribution is 1.22. The number of anilines is 2. The maximum atomic E-state index is 4.86. The molecule has 3 heterocycles. The molecule has 0 aliphatic heterocycles. The van der Waals surface area contributed by atoms with Crippen molar-refractivity contribution in [1.82, 2.24) is 19.9 Å². The normalized spacial score (nSPS) is 11.0. The largest absolute Gasteiger partial charge is 0.340 e. The molecule has 5 aromatic rings. The van der Waals surface area contributed by atoms with Crippen molar-refractivity contribution >= 4 is 33.3 Å². The Hall–Kier alpha value is -3.86. The molecule has 0 amide bonds. The first-order chi connectivity index (χ1) is 13.4. The average Bonchev–Trinajstić information content (AvgIpc) is 2.74. The maximum Gasteiger partial charge on any atom is 0.140 e. The van der Waals surface area contributed by atoms with E-state index >= 15 is 0 Å². The van der Waals surface area contributed by atoms with Crippen LogP contribution in [0.2, 0.25) is 0 Å². The molecule has 5 nitrogen and oxygen atoms in total. The van der Waals surface area contributed by atoms with Crippen LogP contribution in [0.25, 0.3) is 33.1 Å². The van der Waals surface area contributed by atoms with E-state index in [0.29, 0.717) is 0 Å². The fourth-order valence-corrected chi connectivity index (χ4v) is 3.13. The zero-order valence-corrected chi connectivity index (χ0v) is 14.4. The molecular weight excluding hydrogens is 334 g/mol. The lowest BCUT2D eigenvalue weighted by Gasteiger charge is -2.12. The van der Waals surface area contributed by atoms with Crippen molar-refractivity contribution in [3.63, 3.8) is 0 Å². The molecule has 0 unspecified atom stereocenters. The van der Waals surface area contributed by atoms with Crippen LogP contribution in [0.5, 0.6) is 0 Å². The zero-order valence-electron chi connectivity index (χ0n) is 14.4. The molecule has 0 atom stereocenters. The standard InChI is InChI=1S/C22H15N5/c1-2-5-15(6-3-1)20-12-21-18(7-4-10-24-21)22(27-20)26-17-8-9-19-16(11-17)13-23-14-25-19/h1-14H,(H,26,27). The minimum atomic E-state index is 0.774. The van der Waals surface area contributed by atoms with Gasteiger partial charge in [0.25, 0.3) is 0 Å². The van der Waals surface area contributed by atoms with Crippen LogP contribution in [-0.2, 0) is 0 Å². The molecule has 1 N–H and O–H groups in total. The number of rotatable bonds is 3. The van der Waals surface area contributed by atoms with Gasteiger partial charge in [-0.3, -0.25) is 4.98 Å². The molecule has 0 fully saturated rings. The quantitative estimate of drug-likeness (QED) is 0.497. The third-order valence-corrected chi connectivity index (χ3v) is 4.44. The van der Waals surface area contributed by atoms with E-state index in [0.717, 1.165) is 44.6 Å². The van der Waals surface area contributed by atoms with Crippen LogP contribution in [0.1, 0.15) is 0 Å². The van der Waals surface area contributed by atoms with Crippen molar-refractivity contribution < 1.29 is 0 Å². The van der Waals surface area contributed by atoms with Crippen LogP contribution in [0.15, 0.2) is 85.5 Å². The van der Waals surface area contributed by atoms with Gasteiger partial charge in [-0.2, -0.15) is 0 Å². The molecule has 0 bridgehead atoms. The Morgan fingerprint density at radius 3 is 2.63 bits per heavy atom. The summed E-state index contributed by atoms with van der Waals surface area (Å²) in [5.41, 5.74) is 4.68. The van der Waals surface area contributed by atoms with Gasteiger partial charge in [0.1, 0.15) is 12.1 Å². The van der Waals surface area contributed by atoms with Crippen molar-refractivity contribution in [1.29, 1.82) is 0 Å². The van der Waals surface area contributed by atoms with E-state index in [4.69, 9.17) is 4.98 Å². The van der Waals surface area contributed by atoms with Crippen molar-refractivity contribution in [2.45, 2.75) is 0 Å². The number of nitrogens with one attached hydrogen (secondary N) is 1. The van der Waals surface area contributed by atoms with Gasteiger partial charge in [0.05, 0.1) is 16.7 Å². The number of nitrogens with zero attached hydrogens (tertiary/aromatic N) is 4. The number of benzene rings is 2. The molecule has 0 spiro atoms. The predicted octanol–water partition coefficient (Wildman–Crippen LogP) is 4.98. The third-order valence-electron chi connectivity index (χ3n) is 4.44. The summed E-state index contributed by atoms with van der Waals surface area (Å²) in [6.45, 7) is 0. The van der Waals surface area contributed by atoms with Gasteiger partial charge in [0, 0.05) is 34.4 Å². The molecule has 128 valence electrons. The summed E-state index contributed by atoms with van der Waals surface area (Å²) in [4.78, 5) is 17.8. The monoisotopic (exact) mass is 349 g/mol. The summed E-state index contributed by atoms with van der Waals surface area (Å²) in [7, 11) is 0. The Bertz CT molecular complexity index is 1250. The van der Waals surface area contributed by atoms with Gasteiger partial charge in [-0.15, -0.1) is 0 Å². The van der Waals surface area contributed by atoms with E-state index in [9.17, 15) is 0 Å². The molecule has 3 aromatic heterocycles. The van der Waals surface area contributed by atoms with Gasteiger partial charge >= 0.3 is 0 Å². The second kappa shape index (κ2) is 6.46. The molecule has 0 aliphatic carbocycles. The smallest absolute Gasteiger partial charge is 0.140 e. The zero-order chi connectivity index (χ0) is 18.1. The highest BCUT2D eigenvalue weighted by Gasteiger charge is 2.09. The molecule has 0 saturated heterocycles. The van der Waals surface area contributed by atoms with Crippen molar-refractivity contribution in [3.8, 4) is 11.3 Å². The average molecular weight is 349 g/mol. The second-order valence-corrected chi connectivity index (χ2v) is 6.21. The van der Waals surface area contributed by atoms with Crippen LogP contribution >= 0.6 is 0 Å². The highest BCUT2D eigenvalue weighted by atomic mass is 15.0. The van der Waals surface area contributed by atoms with Crippen molar-refractivity contribution in [2.24, 2.45) is 0 Å². The number of aromatic nitrogens is 4. The number of pyridine rings is 2. The summed E-state index contributed by atoms with van der Waals surface area (Å²) < 4.78 is 0. The van der Waals surface area contributed by atoms with Gasteiger partial charge in [-0.25, -0.2) is 15.0 Å². The Morgan fingerprint density at radius 2 is 1.70 bits per heavy atom. The second-order valence-electron chi connectivity index (χ2n) is 6.21. The topological polar surface area (TPSA) is 63.6 Å². The SMILES string of the molecule is c1ccc(-c2cc3ncccc3c(Nc3ccc4ncncc4c3)n2)cc1. The van der Waals surface area contributed by atoms with Gasteiger partial charge in [0.15, 0.2) is 0 Å². The van der Waals surface area contributed by atoms with Crippen molar-refractivity contribution in [3.05, 3.63) is 85.5 Å². The van der Waals surface area contributed by atoms with E-state index in [1.807, 2.05) is 66.7 Å². The molecule has 27 heavy (non-hydrogen) atoms. The predicted molar refractivity (Wildman–Crippen MR) is 108 cm³/mol. The number of hydrogen-bond donors (Lipinski definition) is 1. The van der Waals surface area contributed by atoms with Crippen LogP contribution in [0.4, 0.5) is 11.5 Å². The molecule has 0 radical (unpaired) electrons. The first-order valence-electron chi connectivity index (χ1n) is 8.65. The fraction of sp³-hybridized carbons (Fsp3) is 0. The molecular formula is C22H15N5. The lowest BCUT2D eigenvalue weighted by atomic mass is 10.1. The van der Waals surface area contributed by atoms with E-state index in [2.05, 4.69) is 20.3 Å². The minimum Gasteiger partial charge on any atom is -0.340 e. The third kappa shape index (κ3) is 2.95. The summed E-state index contributed by atoms with van der Waals surface area (Å²) in [5, 5.41) is 5.39. The van der Waals surface area contributed by atoms with Crippen molar-refractivity contribution in [2.75, 3.05) is 5.32 Å². The van der Waals surface area contributed by atoms with Crippen LogP contribution in [0, 0.1) is 0 Å². The van der Waals surface area contributed by atoms with Crippen LogP contribution in [-0.4, -0.2) is 19.9 Å². The van der Waals surface area contributed by atoms with Gasteiger partial charge in [-0.1, -0.05) is 30.3 Å². The summed E-state index contributed by atoms with van der Waals surface area (Å²) in [6, 6.07) is 22.1. The van der Waals surface area contributed by atoms with E-state index < -0.39 is 0 Å². The lowest BCUT2D eigenvalue weighted by Crippen LogP contribution is -1.98. The molecule has 5 rings (SSSR count). The molecule has 5 heteroatoms. The first-order valence-corrected chi connectivity index (χ1v) is 8.65. The first kappa shape index (κ1) is 15.4. The highest BCUT2D eigenvalue weighted by molar-refractivity contribution is 5.94. The molecule has 2 aromatic carbocycles. The van der Waals surface area contributed by atoms with E-state index in [-0.39, 0.29) is 0 Å². The Kier molecular flexibility index (Phi) is 3.68. The summed E-state index contributed by atoms with van der Waals surface area (Å²) in [6.07, 6.45) is 5.16. The van der Waals surface area contributed by atoms with Gasteiger partial charge in [-0.05, 0) is 36.4 Å². The molecule has 0 saturated carbocycles. The highest BCUT2D eigenvalue weighted by Crippen LogP contribution is 2.29. The molecule has 0 aliphatic rings. The van der Waals surface area contributed by atoms with Crippen LogP contribution < -0.4 is 5.32 Å². The number of fused-ring (bicyclic) bond motifs is 2. The van der Waals surface area contributed by atoms with E-state index in [1.165, 1.54) is 0 Å². The van der Waals surface area contributed by atoms with E-state index in [1.54, 1.807) is 18.7 Å². The Morgan fingerprint density at radius 1 is 0.778 bits per heavy atom. The van der Waals surface area contributed by atoms with Gasteiger partial charge in [0.2, 0.25) is 0 Å². The Balaban J connectivity index is 1.64. The summed E-state index contributed by atoms with van der Waals surface area (Å²) in [5.74, 6) is 0.774. The van der Waals surface area contributed by atoms with Gasteiger partial charge < -0.3 is 5.32 Å². The number of hydrogen-bond acceptors (Lipinski definition) is 5.